The maximum Gasteiger partial charge on any atom is 0.246 e. The number of hydrogen-bond acceptors (Lipinski definition) is 6. The third kappa shape index (κ3) is 2.85. The minimum absolute atomic E-state index is 0.0619. The molecule has 1 aromatic heterocycles. The van der Waals surface area contributed by atoms with Crippen molar-refractivity contribution < 1.29 is 13.5 Å². The number of aromatic nitrogens is 2. The van der Waals surface area contributed by atoms with E-state index in [2.05, 4.69) is 15.3 Å². The van der Waals surface area contributed by atoms with Gasteiger partial charge in [0, 0.05) is 19.6 Å². The van der Waals surface area contributed by atoms with Gasteiger partial charge in [-0.1, -0.05) is 6.42 Å². The molecule has 2 heterocycles. The Morgan fingerprint density at radius 1 is 1.42 bits per heavy atom. The van der Waals surface area contributed by atoms with Crippen LogP contribution in [0.2, 0.25) is 0 Å². The van der Waals surface area contributed by atoms with Crippen LogP contribution in [-0.2, 0) is 10.0 Å². The Bertz CT molecular complexity index is 517. The molecule has 0 aromatic carbocycles. The lowest BCUT2D eigenvalue weighted by molar-refractivity contribution is 0.155. The number of aliphatic hydroxyl groups is 1. The molecule has 0 aliphatic carbocycles. The van der Waals surface area contributed by atoms with Crippen molar-refractivity contribution in [3.8, 4) is 0 Å². The molecule has 1 saturated heterocycles. The molecular weight excluding hydrogens is 268 g/mol. The van der Waals surface area contributed by atoms with Crippen molar-refractivity contribution in [2.24, 2.45) is 0 Å². The van der Waals surface area contributed by atoms with Crippen molar-refractivity contribution in [2.45, 2.75) is 30.2 Å². The molecule has 0 saturated carbocycles. The lowest BCUT2D eigenvalue weighted by Crippen LogP contribution is -2.45. The largest absolute Gasteiger partial charge is 0.395 e. The molecule has 1 fully saturated rings. The highest BCUT2D eigenvalue weighted by Gasteiger charge is 2.33. The molecule has 1 aliphatic rings. The predicted octanol–water partition coefficient (Wildman–Crippen LogP) is 0.0538. The predicted molar refractivity (Wildman–Crippen MR) is 70.2 cm³/mol. The normalized spacial score (nSPS) is 21.3. The monoisotopic (exact) mass is 286 g/mol. The topological polar surface area (TPSA) is 95.4 Å². The van der Waals surface area contributed by atoms with E-state index in [-0.39, 0.29) is 17.5 Å². The van der Waals surface area contributed by atoms with Gasteiger partial charge >= 0.3 is 0 Å². The lowest BCUT2D eigenvalue weighted by atomic mass is 10.1. The van der Waals surface area contributed by atoms with E-state index in [0.717, 1.165) is 12.8 Å². The quantitative estimate of drug-likeness (QED) is 0.812. The fraction of sp³-hybridized carbons (Fsp3) is 0.636. The van der Waals surface area contributed by atoms with Gasteiger partial charge in [0.25, 0.3) is 0 Å². The molecule has 0 spiro atoms. The summed E-state index contributed by atoms with van der Waals surface area (Å²) in [5, 5.41) is 12.0. The van der Waals surface area contributed by atoms with E-state index in [9.17, 15) is 13.5 Å². The molecule has 1 unspecified atom stereocenters. The smallest absolute Gasteiger partial charge is 0.246 e. The standard InChI is InChI=1S/C11H18N4O3S/c1-12-11-13-6-10(7-14-11)19(17,18)15-5-3-2-4-9(15)8-16/h6-7,9,16H,2-5,8H2,1H3,(H,12,13,14). The highest BCUT2D eigenvalue weighted by molar-refractivity contribution is 7.89. The van der Waals surface area contributed by atoms with Crippen molar-refractivity contribution in [3.05, 3.63) is 12.4 Å². The fourth-order valence-electron chi connectivity index (χ4n) is 2.19. The summed E-state index contributed by atoms with van der Waals surface area (Å²) in [5.74, 6) is 0.372. The summed E-state index contributed by atoms with van der Waals surface area (Å²) >= 11 is 0. The summed E-state index contributed by atoms with van der Waals surface area (Å²) in [6.07, 6.45) is 5.01. The van der Waals surface area contributed by atoms with Crippen LogP contribution in [-0.4, -0.2) is 54.0 Å². The number of nitrogens with one attached hydrogen (secondary N) is 1. The fourth-order valence-corrected chi connectivity index (χ4v) is 3.76. The molecule has 2 N–H and O–H groups in total. The molecule has 106 valence electrons. The number of hydrogen-bond donors (Lipinski definition) is 2. The van der Waals surface area contributed by atoms with E-state index < -0.39 is 10.0 Å². The molecule has 0 bridgehead atoms. The zero-order valence-corrected chi connectivity index (χ0v) is 11.6. The zero-order chi connectivity index (χ0) is 13.9. The molecular formula is C11H18N4O3S. The van der Waals surface area contributed by atoms with Crippen LogP contribution in [0.4, 0.5) is 5.95 Å². The van der Waals surface area contributed by atoms with Gasteiger partial charge in [0.1, 0.15) is 4.90 Å². The first-order valence-corrected chi connectivity index (χ1v) is 7.66. The average Bonchev–Trinajstić information content (AvgIpc) is 2.47. The number of rotatable bonds is 4. The Balaban J connectivity index is 2.29. The Hall–Kier alpha value is -1.25. The summed E-state index contributed by atoms with van der Waals surface area (Å²) in [4.78, 5) is 7.90. The van der Waals surface area contributed by atoms with E-state index in [1.807, 2.05) is 0 Å². The van der Waals surface area contributed by atoms with Crippen LogP contribution >= 0.6 is 0 Å². The van der Waals surface area contributed by atoms with Crippen LogP contribution in [0.15, 0.2) is 17.3 Å². The van der Waals surface area contributed by atoms with Crippen LogP contribution < -0.4 is 5.32 Å². The maximum atomic E-state index is 12.5. The molecule has 0 radical (unpaired) electrons. The Labute approximate surface area is 112 Å². The Morgan fingerprint density at radius 2 is 2.11 bits per heavy atom. The number of nitrogens with zero attached hydrogens (tertiary/aromatic N) is 3. The number of piperidine rings is 1. The van der Waals surface area contributed by atoms with Crippen LogP contribution in [0.3, 0.4) is 0 Å². The van der Waals surface area contributed by atoms with Crippen molar-refractivity contribution in [2.75, 3.05) is 25.5 Å². The van der Waals surface area contributed by atoms with Gasteiger partial charge in [0.15, 0.2) is 0 Å². The summed E-state index contributed by atoms with van der Waals surface area (Å²) in [6.45, 7) is 0.274. The minimum atomic E-state index is -3.63. The van der Waals surface area contributed by atoms with Gasteiger partial charge < -0.3 is 10.4 Å². The van der Waals surface area contributed by atoms with Crippen LogP contribution in [0, 0.1) is 0 Å². The first-order valence-electron chi connectivity index (χ1n) is 6.22. The van der Waals surface area contributed by atoms with Crippen LogP contribution in [0.5, 0.6) is 0 Å². The van der Waals surface area contributed by atoms with Crippen molar-refractivity contribution in [1.82, 2.24) is 14.3 Å². The van der Waals surface area contributed by atoms with Crippen LogP contribution in [0.25, 0.3) is 0 Å². The molecule has 1 atom stereocenters. The van der Waals surface area contributed by atoms with Crippen LogP contribution in [0.1, 0.15) is 19.3 Å². The van der Waals surface area contributed by atoms with E-state index in [1.54, 1.807) is 7.05 Å². The average molecular weight is 286 g/mol. The van der Waals surface area contributed by atoms with Gasteiger partial charge in [-0.05, 0) is 12.8 Å². The Morgan fingerprint density at radius 3 is 2.68 bits per heavy atom. The summed E-state index contributed by atoms with van der Waals surface area (Å²) in [7, 11) is -1.97. The Kier molecular flexibility index (Phi) is 4.33. The van der Waals surface area contributed by atoms with E-state index in [1.165, 1.54) is 16.7 Å². The SMILES string of the molecule is CNc1ncc(S(=O)(=O)N2CCCCC2CO)cn1. The third-order valence-corrected chi connectivity index (χ3v) is 5.15. The molecule has 1 aliphatic heterocycles. The highest BCUT2D eigenvalue weighted by Crippen LogP contribution is 2.24. The molecule has 2 rings (SSSR count). The van der Waals surface area contributed by atoms with Gasteiger partial charge in [0.2, 0.25) is 16.0 Å². The summed E-state index contributed by atoms with van der Waals surface area (Å²) in [6, 6.07) is -0.345. The summed E-state index contributed by atoms with van der Waals surface area (Å²) < 4.78 is 26.3. The molecule has 1 aromatic rings. The van der Waals surface area contributed by atoms with Gasteiger partial charge in [-0.15, -0.1) is 0 Å². The number of aliphatic hydroxyl groups excluding tert-OH is 1. The zero-order valence-electron chi connectivity index (χ0n) is 10.8. The van der Waals surface area contributed by atoms with Gasteiger partial charge in [-0.25, -0.2) is 18.4 Å². The second-order valence-corrected chi connectivity index (χ2v) is 6.33. The minimum Gasteiger partial charge on any atom is -0.395 e. The van der Waals surface area contributed by atoms with Crippen molar-refractivity contribution in [1.29, 1.82) is 0 Å². The molecule has 8 heteroatoms. The van der Waals surface area contributed by atoms with Crippen molar-refractivity contribution >= 4 is 16.0 Å². The van der Waals surface area contributed by atoms with E-state index in [0.29, 0.717) is 18.9 Å². The first kappa shape index (κ1) is 14.2. The molecule has 19 heavy (non-hydrogen) atoms. The number of anilines is 1. The number of sulfonamides is 1. The van der Waals surface area contributed by atoms with Gasteiger partial charge in [0.05, 0.1) is 19.0 Å². The molecule has 0 amide bonds. The summed E-state index contributed by atoms with van der Waals surface area (Å²) in [5.41, 5.74) is 0. The lowest BCUT2D eigenvalue weighted by Gasteiger charge is -2.33. The van der Waals surface area contributed by atoms with Gasteiger partial charge in [-0.2, -0.15) is 4.31 Å². The maximum absolute atomic E-state index is 12.5. The second kappa shape index (κ2) is 5.81. The van der Waals surface area contributed by atoms with Gasteiger partial charge in [-0.3, -0.25) is 0 Å². The van der Waals surface area contributed by atoms with E-state index in [4.69, 9.17) is 0 Å². The first-order chi connectivity index (χ1) is 9.09. The highest BCUT2D eigenvalue weighted by atomic mass is 32.2. The van der Waals surface area contributed by atoms with Crippen molar-refractivity contribution in [3.63, 3.8) is 0 Å². The molecule has 7 nitrogen and oxygen atoms in total. The third-order valence-electron chi connectivity index (χ3n) is 3.24. The van der Waals surface area contributed by atoms with E-state index >= 15 is 0 Å². The second-order valence-electron chi connectivity index (χ2n) is 4.44.